The Morgan fingerprint density at radius 3 is 2.96 bits per heavy atom. The molecule has 1 amide bonds. The Labute approximate surface area is 138 Å². The van der Waals surface area contributed by atoms with E-state index in [0.717, 1.165) is 57.7 Å². The molecule has 6 heteroatoms. The number of hydrogen-bond donors (Lipinski definition) is 1. The molecule has 0 radical (unpaired) electrons. The summed E-state index contributed by atoms with van der Waals surface area (Å²) in [6.45, 7) is 4.00. The van der Waals surface area contributed by atoms with Crippen LogP contribution in [0.1, 0.15) is 37.9 Å². The molecule has 0 aromatic carbocycles. The number of aryl methyl sites for hydroxylation is 1. The van der Waals surface area contributed by atoms with Crippen LogP contribution >= 0.6 is 0 Å². The van der Waals surface area contributed by atoms with Crippen molar-refractivity contribution in [2.24, 2.45) is 13.0 Å². The van der Waals surface area contributed by atoms with E-state index >= 15 is 0 Å². The quantitative estimate of drug-likeness (QED) is 0.795. The van der Waals surface area contributed by atoms with Crippen LogP contribution in [0.15, 0.2) is 12.4 Å². The van der Waals surface area contributed by atoms with Crippen LogP contribution in [0.2, 0.25) is 0 Å². The van der Waals surface area contributed by atoms with Gasteiger partial charge >= 0.3 is 0 Å². The van der Waals surface area contributed by atoms with E-state index in [2.05, 4.69) is 19.4 Å². The van der Waals surface area contributed by atoms with Gasteiger partial charge in [0.25, 0.3) is 0 Å². The number of carbonyl (C=O) groups is 1. The zero-order valence-electron chi connectivity index (χ0n) is 14.0. The number of imidazole rings is 1. The van der Waals surface area contributed by atoms with Gasteiger partial charge in [-0.1, -0.05) is 0 Å². The maximum Gasteiger partial charge on any atom is 0.222 e. The van der Waals surface area contributed by atoms with Gasteiger partial charge in [-0.05, 0) is 31.6 Å². The van der Waals surface area contributed by atoms with Crippen LogP contribution in [0.3, 0.4) is 0 Å². The second kappa shape index (κ2) is 7.45. The van der Waals surface area contributed by atoms with E-state index in [0.29, 0.717) is 24.3 Å². The van der Waals surface area contributed by atoms with Gasteiger partial charge in [0, 0.05) is 58.1 Å². The van der Waals surface area contributed by atoms with Crippen LogP contribution in [-0.2, 0) is 18.4 Å². The summed E-state index contributed by atoms with van der Waals surface area (Å²) < 4.78 is 2.08. The number of aromatic nitrogens is 2. The number of likely N-dealkylation sites (tertiary alicyclic amines) is 2. The first-order chi connectivity index (χ1) is 11.2. The third-order valence-corrected chi connectivity index (χ3v) is 5.32. The number of aliphatic hydroxyl groups is 1. The second-order valence-electron chi connectivity index (χ2n) is 6.86. The highest BCUT2D eigenvalue weighted by Crippen LogP contribution is 2.32. The summed E-state index contributed by atoms with van der Waals surface area (Å²) in [5.74, 6) is 1.99. The number of hydrogen-bond acceptors (Lipinski definition) is 4. The number of unbranched alkanes of at least 4 members (excludes halogenated alkanes) is 1. The molecule has 2 saturated heterocycles. The molecule has 0 saturated carbocycles. The van der Waals surface area contributed by atoms with Gasteiger partial charge in [-0.15, -0.1) is 0 Å². The van der Waals surface area contributed by atoms with Gasteiger partial charge < -0.3 is 14.6 Å². The molecule has 3 rings (SSSR count). The number of rotatable bonds is 6. The molecule has 2 aliphatic heterocycles. The zero-order valence-corrected chi connectivity index (χ0v) is 14.0. The van der Waals surface area contributed by atoms with E-state index < -0.39 is 0 Å². The molecule has 2 atom stereocenters. The first kappa shape index (κ1) is 16.5. The van der Waals surface area contributed by atoms with Gasteiger partial charge in [0.2, 0.25) is 5.91 Å². The number of amides is 1. The Morgan fingerprint density at radius 2 is 2.22 bits per heavy atom. The van der Waals surface area contributed by atoms with E-state index in [1.54, 1.807) is 0 Å². The maximum atomic E-state index is 12.3. The van der Waals surface area contributed by atoms with Crippen molar-refractivity contribution in [1.82, 2.24) is 19.4 Å². The molecule has 1 N–H and O–H groups in total. The van der Waals surface area contributed by atoms with Crippen LogP contribution < -0.4 is 0 Å². The molecule has 23 heavy (non-hydrogen) atoms. The molecule has 0 bridgehead atoms. The van der Waals surface area contributed by atoms with E-state index in [9.17, 15) is 4.79 Å². The van der Waals surface area contributed by atoms with Gasteiger partial charge in [-0.3, -0.25) is 9.69 Å². The number of piperidine rings is 2. The van der Waals surface area contributed by atoms with Crippen molar-refractivity contribution in [3.63, 3.8) is 0 Å². The average molecular weight is 320 g/mol. The minimum Gasteiger partial charge on any atom is -0.396 e. The molecule has 128 valence electrons. The number of nitrogens with zero attached hydrogens (tertiary/aromatic N) is 4. The molecule has 3 heterocycles. The number of carbonyl (C=O) groups excluding carboxylic acids is 1. The second-order valence-corrected chi connectivity index (χ2v) is 6.86. The van der Waals surface area contributed by atoms with Gasteiger partial charge in [0.05, 0.1) is 6.54 Å². The molecule has 0 aliphatic carbocycles. The van der Waals surface area contributed by atoms with Crippen molar-refractivity contribution in [3.05, 3.63) is 18.2 Å². The van der Waals surface area contributed by atoms with E-state index in [4.69, 9.17) is 5.11 Å². The smallest absolute Gasteiger partial charge is 0.222 e. The normalized spacial score (nSPS) is 25.7. The SMILES string of the molecule is Cn1ccnc1CN1CC[C@@H]2[C@@H](CCC(=O)N2CCCCO)C1. The zero-order chi connectivity index (χ0) is 16.2. The standard InChI is InChI=1S/C17H28N4O2/c1-19-10-7-18-16(19)13-20-9-6-15-14(12-20)4-5-17(23)21(15)8-2-3-11-22/h7,10,14-15,22H,2-6,8-9,11-13H2,1H3/t14-,15+/m0/s1. The van der Waals surface area contributed by atoms with Crippen molar-refractivity contribution in [3.8, 4) is 0 Å². The third-order valence-electron chi connectivity index (χ3n) is 5.32. The summed E-state index contributed by atoms with van der Waals surface area (Å²) in [6, 6.07) is 0.396. The fraction of sp³-hybridized carbons (Fsp3) is 0.765. The highest BCUT2D eigenvalue weighted by atomic mass is 16.3. The van der Waals surface area contributed by atoms with Crippen molar-refractivity contribution in [2.75, 3.05) is 26.2 Å². The monoisotopic (exact) mass is 320 g/mol. The highest BCUT2D eigenvalue weighted by Gasteiger charge is 2.38. The lowest BCUT2D eigenvalue weighted by atomic mass is 9.83. The van der Waals surface area contributed by atoms with Crippen molar-refractivity contribution in [1.29, 1.82) is 0 Å². The Hall–Kier alpha value is -1.40. The summed E-state index contributed by atoms with van der Waals surface area (Å²) in [6.07, 6.45) is 8.27. The van der Waals surface area contributed by atoms with Crippen LogP contribution in [0, 0.1) is 5.92 Å². The van der Waals surface area contributed by atoms with Crippen LogP contribution in [0.5, 0.6) is 0 Å². The molecule has 2 aliphatic rings. The van der Waals surface area contributed by atoms with Gasteiger partial charge in [0.1, 0.15) is 5.82 Å². The summed E-state index contributed by atoms with van der Waals surface area (Å²) in [7, 11) is 2.04. The number of fused-ring (bicyclic) bond motifs is 1. The van der Waals surface area contributed by atoms with E-state index in [1.165, 1.54) is 0 Å². The molecule has 0 unspecified atom stereocenters. The van der Waals surface area contributed by atoms with Crippen LogP contribution in [-0.4, -0.2) is 62.6 Å². The minimum atomic E-state index is 0.216. The Morgan fingerprint density at radius 1 is 1.35 bits per heavy atom. The minimum absolute atomic E-state index is 0.216. The predicted molar refractivity (Wildman–Crippen MR) is 87.6 cm³/mol. The molecule has 1 aromatic heterocycles. The predicted octanol–water partition coefficient (Wildman–Crippen LogP) is 1.01. The van der Waals surface area contributed by atoms with Crippen molar-refractivity contribution < 1.29 is 9.90 Å². The largest absolute Gasteiger partial charge is 0.396 e. The van der Waals surface area contributed by atoms with Gasteiger partial charge in [-0.25, -0.2) is 4.98 Å². The van der Waals surface area contributed by atoms with Crippen molar-refractivity contribution in [2.45, 2.75) is 44.7 Å². The Balaban J connectivity index is 1.58. The Bertz CT molecular complexity index is 530. The van der Waals surface area contributed by atoms with Crippen molar-refractivity contribution >= 4 is 5.91 Å². The molecule has 2 fully saturated rings. The molecule has 6 nitrogen and oxygen atoms in total. The highest BCUT2D eigenvalue weighted by molar-refractivity contribution is 5.77. The van der Waals surface area contributed by atoms with Gasteiger partial charge in [0.15, 0.2) is 0 Å². The summed E-state index contributed by atoms with van der Waals surface area (Å²) in [5, 5.41) is 8.96. The Kier molecular flexibility index (Phi) is 5.33. The summed E-state index contributed by atoms with van der Waals surface area (Å²) in [5.41, 5.74) is 0. The topological polar surface area (TPSA) is 61.6 Å². The molecule has 1 aromatic rings. The lowest BCUT2D eigenvalue weighted by Gasteiger charge is -2.47. The lowest BCUT2D eigenvalue weighted by Crippen LogP contribution is -2.56. The van der Waals surface area contributed by atoms with Crippen LogP contribution in [0.4, 0.5) is 0 Å². The van der Waals surface area contributed by atoms with Gasteiger partial charge in [-0.2, -0.15) is 0 Å². The molecular formula is C17H28N4O2. The molecular weight excluding hydrogens is 292 g/mol. The number of aliphatic hydroxyl groups excluding tert-OH is 1. The maximum absolute atomic E-state index is 12.3. The first-order valence-corrected chi connectivity index (χ1v) is 8.78. The molecule has 0 spiro atoms. The van der Waals surface area contributed by atoms with E-state index in [1.807, 2.05) is 19.4 Å². The van der Waals surface area contributed by atoms with E-state index in [-0.39, 0.29) is 6.61 Å². The first-order valence-electron chi connectivity index (χ1n) is 8.78. The fourth-order valence-corrected chi connectivity index (χ4v) is 4.00. The summed E-state index contributed by atoms with van der Waals surface area (Å²) in [4.78, 5) is 21.3. The average Bonchev–Trinajstić information content (AvgIpc) is 2.95. The summed E-state index contributed by atoms with van der Waals surface area (Å²) >= 11 is 0. The van der Waals surface area contributed by atoms with Crippen LogP contribution in [0.25, 0.3) is 0 Å². The lowest BCUT2D eigenvalue weighted by molar-refractivity contribution is -0.141. The third kappa shape index (κ3) is 3.75. The fourth-order valence-electron chi connectivity index (χ4n) is 4.00.